The molecule has 8 aliphatic carbocycles. The lowest BCUT2D eigenvalue weighted by atomic mass is 9.76. The van der Waals surface area contributed by atoms with E-state index in [1.54, 1.807) is 48.5 Å². The number of nitrogens with zero attached hydrogens (tertiary/aromatic N) is 2. The van der Waals surface area contributed by atoms with Gasteiger partial charge in [0.1, 0.15) is 23.0 Å². The summed E-state index contributed by atoms with van der Waals surface area (Å²) in [5, 5.41) is 4.04. The van der Waals surface area contributed by atoms with Gasteiger partial charge >= 0.3 is 46.4 Å². The van der Waals surface area contributed by atoms with E-state index in [4.69, 9.17) is 18.1 Å². The van der Waals surface area contributed by atoms with Crippen molar-refractivity contribution < 1.29 is 61.3 Å². The summed E-state index contributed by atoms with van der Waals surface area (Å²) in [7, 11) is -27.4. The van der Waals surface area contributed by atoms with Crippen LogP contribution in [-0.2, 0) is 41.7 Å². The molecule has 0 bridgehead atoms. The average Bonchev–Trinajstić information content (AvgIpc) is 1.58. The Morgan fingerprint density at radius 1 is 0.252 bits per heavy atom. The molecule has 0 saturated heterocycles. The van der Waals surface area contributed by atoms with Gasteiger partial charge in [-0.1, -0.05) is 302 Å². The van der Waals surface area contributed by atoms with E-state index in [0.717, 1.165) is 192 Å². The van der Waals surface area contributed by atoms with E-state index >= 15 is 43.2 Å². The highest BCUT2D eigenvalue weighted by Gasteiger charge is 2.58. The predicted octanol–water partition coefficient (Wildman–Crippen LogP) is 31.1. The second-order valence-corrected chi connectivity index (χ2v) is 45.0. The molecule has 648 valence electrons. The maximum Gasteiger partial charge on any atom is 0.518 e. The number of alkyl halides is 6. The van der Waals surface area contributed by atoms with Gasteiger partial charge in [0.15, 0.2) is 0 Å². The van der Waals surface area contributed by atoms with Gasteiger partial charge in [-0.2, -0.15) is 43.2 Å². The Morgan fingerprint density at radius 2 is 0.458 bits per heavy atom. The van der Waals surface area contributed by atoms with Crippen LogP contribution in [0.25, 0.3) is 154 Å². The third kappa shape index (κ3) is 11.4. The molecule has 1 N–H and O–H groups in total. The van der Waals surface area contributed by atoms with E-state index in [1.807, 2.05) is 170 Å². The maximum absolute atomic E-state index is 17.1. The first-order valence-corrected chi connectivity index (χ1v) is 51.2. The molecule has 0 unspecified atom stereocenters. The minimum atomic E-state index is -7.19. The first kappa shape index (κ1) is 79.6. The molecule has 2 heterocycles. The summed E-state index contributed by atoms with van der Waals surface area (Å²) in [5.41, 5.74) is 4.89. The molecule has 4 fully saturated rings. The van der Waals surface area contributed by atoms with E-state index in [9.17, 15) is 0 Å². The minimum Gasteiger partial charge on any atom is -0.417 e. The van der Waals surface area contributed by atoms with Crippen LogP contribution in [0.15, 0.2) is 299 Å². The van der Waals surface area contributed by atoms with Gasteiger partial charge in [0, 0.05) is 66.2 Å². The number of hydrogen-bond donors (Lipinski definition) is 1. The fourth-order valence-electron chi connectivity index (χ4n) is 25.4. The molecule has 0 amide bonds. The first-order valence-electron chi connectivity index (χ1n) is 45.2. The number of nitrogens with one attached hydrogen (secondary N) is 1. The van der Waals surface area contributed by atoms with E-state index in [1.165, 1.54) is 0 Å². The van der Waals surface area contributed by atoms with Gasteiger partial charge in [-0.05, 0) is 254 Å². The molecular weight excluding hydrogens is 1730 g/mol. The quantitative estimate of drug-likeness (QED) is 0.116. The van der Waals surface area contributed by atoms with Crippen LogP contribution in [0.3, 0.4) is 0 Å². The molecule has 0 aromatic heterocycles. The van der Waals surface area contributed by atoms with Crippen molar-refractivity contribution in [2.45, 2.75) is 135 Å². The molecular formula is C110H81F6N3O8P2S2. The second kappa shape index (κ2) is 28.1. The lowest BCUT2D eigenvalue weighted by Gasteiger charge is -2.32. The molecule has 10 aliphatic rings. The zero-order valence-electron chi connectivity index (χ0n) is 70.7. The van der Waals surface area contributed by atoms with E-state index in [0.29, 0.717) is 65.3 Å². The molecule has 21 heteroatoms. The Labute approximate surface area is 753 Å². The number of hydrogen-bond acceptors (Lipinski definition) is 8. The molecule has 2 aliphatic heterocycles. The fourth-order valence-corrected chi connectivity index (χ4v) is 33.6. The Kier molecular flexibility index (Phi) is 17.1. The lowest BCUT2D eigenvalue weighted by molar-refractivity contribution is -0.0440. The number of halogens is 6. The molecule has 0 radical (unpaired) electrons. The van der Waals surface area contributed by atoms with Gasteiger partial charge in [0.2, 0.25) is 0 Å². The molecule has 4 spiro atoms. The van der Waals surface area contributed by atoms with Crippen LogP contribution in [0.5, 0.6) is 23.0 Å². The van der Waals surface area contributed by atoms with E-state index in [-0.39, 0.29) is 67.5 Å². The molecule has 16 aromatic rings. The van der Waals surface area contributed by atoms with Crippen molar-refractivity contribution in [3.05, 3.63) is 336 Å². The number of benzene rings is 16. The summed E-state index contributed by atoms with van der Waals surface area (Å²) in [6, 6.07) is 93.7. The van der Waals surface area contributed by atoms with Crippen LogP contribution in [0.4, 0.5) is 26.3 Å². The van der Waals surface area contributed by atoms with Crippen molar-refractivity contribution in [3.63, 3.8) is 0 Å². The van der Waals surface area contributed by atoms with Crippen LogP contribution >= 0.6 is 15.3 Å². The first-order chi connectivity index (χ1) is 63.5. The number of sulfonamides is 2. The number of rotatable bonds is 8. The largest absolute Gasteiger partial charge is 0.518 e. The van der Waals surface area contributed by atoms with Crippen molar-refractivity contribution in [3.8, 4) is 134 Å². The predicted molar refractivity (Wildman–Crippen MR) is 509 cm³/mol. The summed E-state index contributed by atoms with van der Waals surface area (Å²) in [6.45, 7) is 0. The highest BCUT2D eigenvalue weighted by Crippen LogP contribution is 2.74. The Hall–Kier alpha value is -12.3. The molecule has 4 saturated carbocycles. The zero-order valence-corrected chi connectivity index (χ0v) is 74.1. The topological polar surface area (TPSA) is 142 Å². The second-order valence-electron chi connectivity index (χ2n) is 37.3. The Balaban J connectivity index is 0.816. The van der Waals surface area contributed by atoms with Crippen molar-refractivity contribution in [2.75, 3.05) is 0 Å². The van der Waals surface area contributed by atoms with Crippen LogP contribution < -0.4 is 23.0 Å². The lowest BCUT2D eigenvalue weighted by Crippen LogP contribution is -2.28. The molecule has 131 heavy (non-hydrogen) atoms. The summed E-state index contributed by atoms with van der Waals surface area (Å²) in [6.07, 6.45) is 13.5. The van der Waals surface area contributed by atoms with Crippen LogP contribution in [0, 0.1) is 0 Å². The maximum atomic E-state index is 17.1. The SMILES string of the molecule is O=S(=O)(N=P1(NP2(=NS(=O)(=O)C(F)(F)F)Oc3c(-c4ccc5c(c4)C4(CCCC4)c4ccccc4-5)cc4ccccc4c3-c3c(c(-c4ccc5c(c4)C4(CCCC4)c4ccccc4-5)cc4ccccc34)O2)Oc2c(-c3ccc4c(c3)C3(CCCC3)c3ccccc3-4)cc3ccccc3c2-c2c(c(-c3ccc4c(c3)C3(CCCC3)c3ccccc3-4)cc3ccccc23)O1)C(F)(F)F. The van der Waals surface area contributed by atoms with Crippen LogP contribution in [0.1, 0.15) is 147 Å². The number of fused-ring (bicyclic) bond motifs is 34. The Bertz CT molecular complexity index is 7290. The molecule has 16 aromatic carbocycles. The highest BCUT2D eigenvalue weighted by molar-refractivity contribution is 7.96. The standard InChI is InChI=1S/C110H81F6N3O8P2S2/c111-109(112,113)130(120,121)118-128(124-101-85(69-41-45-81-77-33-9-13-37-89(77)105(93(81)61-69)49-17-18-50-105)57-65-25-1-5-29-73(65)97(101)98-74-30-6-2-26-66(74)58-86(102(98)125-128)70-42-46-82-78-34-10-14-38-90(78)106(94(82)62-70)51-19-20-52-106)117-129(119-131(122,123)110(114,115)116)126-103-87(71-43-47-83-79-35-11-15-39-91(79)107(95(83)63-71)53-21-22-54-107)59-67-27-3-7-31-75(67)99(103)100-76-32-8-4-28-68(76)60-88(104(100)127-129)72-44-48-84-80-36-12-16-40-92(80)108(96(84)64-72)55-23-24-56-108/h1-16,25-48,57-64,117H,17-24,49-56H2. The smallest absolute Gasteiger partial charge is 0.417 e. The van der Waals surface area contributed by atoms with Gasteiger partial charge in [0.05, 0.1) is 0 Å². The van der Waals surface area contributed by atoms with Crippen molar-refractivity contribution >= 4 is 78.5 Å². The molecule has 26 rings (SSSR count). The van der Waals surface area contributed by atoms with Gasteiger partial charge in [0.25, 0.3) is 0 Å². The fraction of sp³-hybridized carbons (Fsp3) is 0.200. The monoisotopic (exact) mass is 1810 g/mol. The van der Waals surface area contributed by atoms with Gasteiger partial charge in [-0.3, -0.25) is 0 Å². The van der Waals surface area contributed by atoms with Gasteiger partial charge in [-0.25, -0.2) is 0 Å². The average molecular weight is 1810 g/mol. The van der Waals surface area contributed by atoms with Crippen molar-refractivity contribution in [1.29, 1.82) is 0 Å². The van der Waals surface area contributed by atoms with E-state index < -0.39 is 68.0 Å². The summed E-state index contributed by atoms with van der Waals surface area (Å²) in [5.74, 6) is -1.32. The third-order valence-electron chi connectivity index (χ3n) is 30.8. The van der Waals surface area contributed by atoms with Crippen molar-refractivity contribution in [1.82, 2.24) is 4.86 Å². The minimum absolute atomic E-state index is 0.167. The van der Waals surface area contributed by atoms with Gasteiger partial charge < -0.3 is 18.1 Å². The summed E-state index contributed by atoms with van der Waals surface area (Å²) in [4.78, 5) is 2.91. The van der Waals surface area contributed by atoms with Gasteiger partial charge in [-0.15, -0.1) is 4.86 Å². The highest BCUT2D eigenvalue weighted by atomic mass is 32.2. The normalized spacial score (nSPS) is 18.1. The zero-order chi connectivity index (χ0) is 88.3. The molecule has 11 nitrogen and oxygen atoms in total. The van der Waals surface area contributed by atoms with Crippen LogP contribution in [-0.4, -0.2) is 27.9 Å². The Morgan fingerprint density at radius 3 is 0.687 bits per heavy atom. The summed E-state index contributed by atoms with van der Waals surface area (Å²) < 4.78 is 206. The molecule has 0 atom stereocenters. The van der Waals surface area contributed by atoms with E-state index in [2.05, 4.69) is 86.0 Å². The van der Waals surface area contributed by atoms with Crippen LogP contribution in [0.2, 0.25) is 0 Å². The van der Waals surface area contributed by atoms with Crippen molar-refractivity contribution in [2.24, 2.45) is 8.30 Å². The third-order valence-corrected chi connectivity index (χ3v) is 39.1. The summed E-state index contributed by atoms with van der Waals surface area (Å²) >= 11 is 0.